The number of hydrogen-bond donors (Lipinski definition) is 2. The predicted octanol–water partition coefficient (Wildman–Crippen LogP) is 0.196. The molecule has 0 heterocycles. The average Bonchev–Trinajstić information content (AvgIpc) is 2.21. The molecule has 0 amide bonds. The van der Waals surface area contributed by atoms with E-state index in [-0.39, 0.29) is 18.8 Å². The summed E-state index contributed by atoms with van der Waals surface area (Å²) in [7, 11) is -2.07. The van der Waals surface area contributed by atoms with Gasteiger partial charge >= 0.3 is 5.97 Å². The maximum Gasteiger partial charge on any atom is 0.321 e. The monoisotopic (exact) mass is 253 g/mol. The molecule has 0 aromatic heterocycles. The van der Waals surface area contributed by atoms with E-state index >= 15 is 0 Å². The van der Waals surface area contributed by atoms with Crippen molar-refractivity contribution in [3.05, 3.63) is 0 Å². The molecular formula is C9H19NO5S. The van der Waals surface area contributed by atoms with E-state index in [2.05, 4.69) is 4.72 Å². The van der Waals surface area contributed by atoms with Gasteiger partial charge in [0.1, 0.15) is 6.04 Å². The first-order valence-corrected chi connectivity index (χ1v) is 6.80. The molecule has 0 aliphatic carbocycles. The Balaban J connectivity index is 4.32. The van der Waals surface area contributed by atoms with Gasteiger partial charge in [-0.15, -0.1) is 0 Å². The maximum absolute atomic E-state index is 11.5. The van der Waals surface area contributed by atoms with Crippen LogP contribution >= 0.6 is 0 Å². The lowest BCUT2D eigenvalue weighted by Gasteiger charge is -2.13. The van der Waals surface area contributed by atoms with Crippen molar-refractivity contribution in [2.75, 3.05) is 19.5 Å². The highest BCUT2D eigenvalue weighted by atomic mass is 32.2. The summed E-state index contributed by atoms with van der Waals surface area (Å²) < 4.78 is 29.8. The summed E-state index contributed by atoms with van der Waals surface area (Å²) in [5.74, 6) is -1.22. The van der Waals surface area contributed by atoms with Gasteiger partial charge in [0.05, 0.1) is 5.75 Å². The topological polar surface area (TPSA) is 92.7 Å². The van der Waals surface area contributed by atoms with Gasteiger partial charge in [-0.3, -0.25) is 4.79 Å². The molecular weight excluding hydrogens is 234 g/mol. The molecule has 16 heavy (non-hydrogen) atoms. The standard InChI is InChI=1S/C9H19NO5S/c1-3-4-7-16(13,14)10-8(9(11)12)5-6-15-2/h8,10H,3-7H2,1-2H3,(H,11,12). The van der Waals surface area contributed by atoms with Crippen LogP contribution in [0.4, 0.5) is 0 Å². The third kappa shape index (κ3) is 6.76. The largest absolute Gasteiger partial charge is 0.480 e. The van der Waals surface area contributed by atoms with Gasteiger partial charge in [0, 0.05) is 13.7 Å². The fraction of sp³-hybridized carbons (Fsp3) is 0.889. The summed E-state index contributed by atoms with van der Waals surface area (Å²) in [6.07, 6.45) is 1.39. The summed E-state index contributed by atoms with van der Waals surface area (Å²) >= 11 is 0. The number of aliphatic carboxylic acids is 1. The van der Waals surface area contributed by atoms with Crippen LogP contribution in [0.5, 0.6) is 0 Å². The van der Waals surface area contributed by atoms with Crippen LogP contribution in [0.25, 0.3) is 0 Å². The van der Waals surface area contributed by atoms with E-state index in [1.165, 1.54) is 7.11 Å². The Kier molecular flexibility index (Phi) is 7.27. The van der Waals surface area contributed by atoms with Crippen LogP contribution in [0.1, 0.15) is 26.2 Å². The Morgan fingerprint density at radius 2 is 2.12 bits per heavy atom. The zero-order chi connectivity index (χ0) is 12.6. The third-order valence-corrected chi connectivity index (χ3v) is 3.47. The zero-order valence-electron chi connectivity index (χ0n) is 9.60. The molecule has 7 heteroatoms. The van der Waals surface area contributed by atoms with Crippen LogP contribution in [0.3, 0.4) is 0 Å². The summed E-state index contributed by atoms with van der Waals surface area (Å²) in [6, 6.07) is -1.11. The summed E-state index contributed by atoms with van der Waals surface area (Å²) in [5.41, 5.74) is 0. The van der Waals surface area contributed by atoms with Gasteiger partial charge in [-0.2, -0.15) is 0 Å². The lowest BCUT2D eigenvalue weighted by Crippen LogP contribution is -2.42. The van der Waals surface area contributed by atoms with Gasteiger partial charge in [-0.25, -0.2) is 13.1 Å². The molecule has 0 fully saturated rings. The molecule has 0 rings (SSSR count). The van der Waals surface area contributed by atoms with E-state index in [1.54, 1.807) is 0 Å². The minimum atomic E-state index is -3.50. The molecule has 0 aliphatic heterocycles. The molecule has 1 atom stereocenters. The Morgan fingerprint density at radius 1 is 1.50 bits per heavy atom. The summed E-state index contributed by atoms with van der Waals surface area (Å²) in [6.45, 7) is 2.07. The van der Waals surface area contributed by atoms with E-state index in [9.17, 15) is 13.2 Å². The van der Waals surface area contributed by atoms with E-state index < -0.39 is 22.0 Å². The Morgan fingerprint density at radius 3 is 2.56 bits per heavy atom. The molecule has 0 saturated heterocycles. The second-order valence-electron chi connectivity index (χ2n) is 3.46. The predicted molar refractivity (Wildman–Crippen MR) is 59.7 cm³/mol. The highest BCUT2D eigenvalue weighted by molar-refractivity contribution is 7.89. The number of sulfonamides is 1. The maximum atomic E-state index is 11.5. The van der Waals surface area contributed by atoms with Crippen molar-refractivity contribution in [3.8, 4) is 0 Å². The molecule has 0 spiro atoms. The fourth-order valence-electron chi connectivity index (χ4n) is 1.08. The highest BCUT2D eigenvalue weighted by Gasteiger charge is 2.23. The average molecular weight is 253 g/mol. The Hall–Kier alpha value is -0.660. The van der Waals surface area contributed by atoms with Crippen LogP contribution in [0, 0.1) is 0 Å². The molecule has 0 aromatic carbocycles. The first kappa shape index (κ1) is 15.3. The number of carboxylic acids is 1. The van der Waals surface area contributed by atoms with Gasteiger partial charge < -0.3 is 9.84 Å². The number of rotatable bonds is 9. The van der Waals surface area contributed by atoms with E-state index in [0.29, 0.717) is 6.42 Å². The van der Waals surface area contributed by atoms with Crippen LogP contribution < -0.4 is 4.72 Å². The van der Waals surface area contributed by atoms with Crippen molar-refractivity contribution in [1.29, 1.82) is 0 Å². The summed E-state index contributed by atoms with van der Waals surface area (Å²) in [4.78, 5) is 10.8. The minimum absolute atomic E-state index is 0.0414. The van der Waals surface area contributed by atoms with Crippen molar-refractivity contribution in [1.82, 2.24) is 4.72 Å². The Bertz CT molecular complexity index is 301. The van der Waals surface area contributed by atoms with Crippen LogP contribution in [0.2, 0.25) is 0 Å². The van der Waals surface area contributed by atoms with Crippen LogP contribution in [-0.2, 0) is 19.6 Å². The van der Waals surface area contributed by atoms with Gasteiger partial charge in [0.2, 0.25) is 10.0 Å². The molecule has 0 bridgehead atoms. The van der Waals surface area contributed by atoms with Gasteiger partial charge in [0.25, 0.3) is 0 Å². The number of carbonyl (C=O) groups is 1. The number of hydrogen-bond acceptors (Lipinski definition) is 4. The molecule has 0 radical (unpaired) electrons. The normalized spacial score (nSPS) is 13.6. The number of unbranched alkanes of at least 4 members (excludes halogenated alkanes) is 1. The molecule has 1 unspecified atom stereocenters. The van der Waals surface area contributed by atoms with Crippen molar-refractivity contribution in [2.45, 2.75) is 32.2 Å². The van der Waals surface area contributed by atoms with Crippen molar-refractivity contribution in [2.24, 2.45) is 0 Å². The first-order chi connectivity index (χ1) is 7.43. The number of ether oxygens (including phenoxy) is 1. The van der Waals surface area contributed by atoms with Gasteiger partial charge in [-0.1, -0.05) is 13.3 Å². The van der Waals surface area contributed by atoms with Crippen molar-refractivity contribution < 1.29 is 23.1 Å². The van der Waals surface area contributed by atoms with Gasteiger partial charge in [0.15, 0.2) is 0 Å². The zero-order valence-corrected chi connectivity index (χ0v) is 10.4. The molecule has 0 aromatic rings. The molecule has 96 valence electrons. The molecule has 2 N–H and O–H groups in total. The third-order valence-electron chi connectivity index (χ3n) is 2.00. The molecule has 0 aliphatic rings. The number of methoxy groups -OCH3 is 1. The first-order valence-electron chi connectivity index (χ1n) is 5.14. The quantitative estimate of drug-likeness (QED) is 0.612. The lowest BCUT2D eigenvalue weighted by molar-refractivity contribution is -0.139. The minimum Gasteiger partial charge on any atom is -0.480 e. The van der Waals surface area contributed by atoms with Crippen molar-refractivity contribution in [3.63, 3.8) is 0 Å². The Labute approximate surface area is 96.0 Å². The second kappa shape index (κ2) is 7.59. The van der Waals surface area contributed by atoms with Crippen molar-refractivity contribution >= 4 is 16.0 Å². The van der Waals surface area contributed by atoms with Crippen LogP contribution in [0.15, 0.2) is 0 Å². The van der Waals surface area contributed by atoms with E-state index in [1.807, 2.05) is 6.92 Å². The second-order valence-corrected chi connectivity index (χ2v) is 5.34. The van der Waals surface area contributed by atoms with E-state index in [0.717, 1.165) is 6.42 Å². The molecule has 0 saturated carbocycles. The number of carboxylic acid groups (broad SMARTS) is 1. The highest BCUT2D eigenvalue weighted by Crippen LogP contribution is 1.99. The van der Waals surface area contributed by atoms with E-state index in [4.69, 9.17) is 9.84 Å². The summed E-state index contributed by atoms with van der Waals surface area (Å²) in [5, 5.41) is 8.81. The number of nitrogens with one attached hydrogen (secondary N) is 1. The van der Waals surface area contributed by atoms with Gasteiger partial charge in [-0.05, 0) is 12.8 Å². The SMILES string of the molecule is CCCCS(=O)(=O)NC(CCOC)C(=O)O. The lowest BCUT2D eigenvalue weighted by atomic mass is 10.2. The van der Waals surface area contributed by atoms with Crippen LogP contribution in [-0.4, -0.2) is 45.0 Å². The molecule has 6 nitrogen and oxygen atoms in total. The smallest absolute Gasteiger partial charge is 0.321 e. The fourth-order valence-corrected chi connectivity index (χ4v) is 2.52.